The Morgan fingerprint density at radius 1 is 1.20 bits per heavy atom. The van der Waals surface area contributed by atoms with Gasteiger partial charge in [-0.15, -0.1) is 16.4 Å². The highest BCUT2D eigenvalue weighted by atomic mass is 32.1. The second-order valence-electron chi connectivity index (χ2n) is 4.82. The average molecular weight is 362 g/mol. The van der Waals surface area contributed by atoms with Gasteiger partial charge in [0, 0.05) is 5.56 Å². The van der Waals surface area contributed by atoms with Gasteiger partial charge in [0.2, 0.25) is 5.89 Å². The molecule has 2 heterocycles. The molecule has 2 amide bonds. The Hall–Kier alpha value is -3.27. The van der Waals surface area contributed by atoms with Crippen LogP contribution in [0.5, 0.6) is 0 Å². The molecule has 0 radical (unpaired) electrons. The van der Waals surface area contributed by atoms with Gasteiger partial charge in [-0.1, -0.05) is 6.07 Å². The molecule has 0 aliphatic carbocycles. The first-order chi connectivity index (χ1) is 12.0. The van der Waals surface area contributed by atoms with Crippen LogP contribution in [-0.4, -0.2) is 21.6 Å². The molecule has 10 heteroatoms. The monoisotopic (exact) mass is 362 g/mol. The minimum absolute atomic E-state index is 0.0413. The van der Waals surface area contributed by atoms with Crippen molar-refractivity contribution in [1.82, 2.24) is 20.6 Å². The number of hydrogen-bond donors (Lipinski definition) is 2. The van der Waals surface area contributed by atoms with E-state index in [1.54, 1.807) is 17.5 Å². The van der Waals surface area contributed by atoms with E-state index in [2.05, 4.69) is 16.0 Å². The van der Waals surface area contributed by atoms with E-state index < -0.39 is 29.9 Å². The topological polar surface area (TPSA) is 106 Å². The van der Waals surface area contributed by atoms with Crippen LogP contribution in [0.4, 0.5) is 4.39 Å². The van der Waals surface area contributed by atoms with Gasteiger partial charge in [0.15, 0.2) is 0 Å². The fourth-order valence-electron chi connectivity index (χ4n) is 1.89. The first kappa shape index (κ1) is 16.6. The third-order valence-electron chi connectivity index (χ3n) is 3.05. The van der Waals surface area contributed by atoms with E-state index in [9.17, 15) is 18.8 Å². The number of aromatic nitrogens is 2. The summed E-state index contributed by atoms with van der Waals surface area (Å²) in [7, 11) is 0. The highest BCUT2D eigenvalue weighted by Crippen LogP contribution is 2.15. The molecule has 128 valence electrons. The lowest BCUT2D eigenvalue weighted by Gasteiger charge is -2.05. The predicted octanol–water partition coefficient (Wildman–Crippen LogP) is 1.17. The van der Waals surface area contributed by atoms with E-state index in [1.807, 2.05) is 0 Å². The van der Waals surface area contributed by atoms with Crippen LogP contribution in [-0.2, 0) is 11.3 Å². The maximum Gasteiger partial charge on any atom is 0.437 e. The third-order valence-corrected chi connectivity index (χ3v) is 3.92. The number of nitrogens with zero attached hydrogens (tertiary/aromatic N) is 2. The summed E-state index contributed by atoms with van der Waals surface area (Å²) in [6, 6.07) is 8.48. The number of halogens is 1. The summed E-state index contributed by atoms with van der Waals surface area (Å²) < 4.78 is 18.6. The molecule has 2 N–H and O–H groups in total. The van der Waals surface area contributed by atoms with Gasteiger partial charge < -0.3 is 4.42 Å². The van der Waals surface area contributed by atoms with Crippen LogP contribution in [0.15, 0.2) is 51.0 Å². The molecule has 3 aromatic rings. The molecule has 0 aliphatic heterocycles. The van der Waals surface area contributed by atoms with E-state index in [4.69, 9.17) is 4.42 Å². The molecular formula is C15H11FN4O4S. The highest BCUT2D eigenvalue weighted by Gasteiger charge is 2.14. The zero-order valence-electron chi connectivity index (χ0n) is 12.6. The lowest BCUT2D eigenvalue weighted by molar-refractivity contribution is -0.122. The van der Waals surface area contributed by atoms with Gasteiger partial charge in [0.1, 0.15) is 12.4 Å². The fraction of sp³-hybridized carbons (Fsp3) is 0.0667. The van der Waals surface area contributed by atoms with Crippen LogP contribution in [0.1, 0.15) is 9.67 Å². The molecule has 0 spiro atoms. The molecule has 8 nitrogen and oxygen atoms in total. The van der Waals surface area contributed by atoms with Crippen molar-refractivity contribution >= 4 is 23.2 Å². The zero-order valence-corrected chi connectivity index (χ0v) is 13.4. The number of hydrazine groups is 1. The summed E-state index contributed by atoms with van der Waals surface area (Å²) in [6.07, 6.45) is 0. The van der Waals surface area contributed by atoms with Gasteiger partial charge in [-0.05, 0) is 35.7 Å². The number of nitrogens with one attached hydrogen (secondary N) is 2. The largest absolute Gasteiger partial charge is 0.437 e. The van der Waals surface area contributed by atoms with E-state index >= 15 is 0 Å². The summed E-state index contributed by atoms with van der Waals surface area (Å²) in [5.41, 5.74) is 4.80. The molecule has 25 heavy (non-hydrogen) atoms. The molecule has 1 aromatic carbocycles. The molecule has 0 unspecified atom stereocenters. The lowest BCUT2D eigenvalue weighted by atomic mass is 10.2. The van der Waals surface area contributed by atoms with Crippen molar-refractivity contribution in [3.05, 3.63) is 63.0 Å². The van der Waals surface area contributed by atoms with Crippen LogP contribution in [0.2, 0.25) is 0 Å². The average Bonchev–Trinajstić information content (AvgIpc) is 3.24. The first-order valence-corrected chi connectivity index (χ1v) is 7.87. The van der Waals surface area contributed by atoms with Crippen molar-refractivity contribution in [2.24, 2.45) is 0 Å². The number of benzene rings is 1. The molecule has 0 saturated heterocycles. The van der Waals surface area contributed by atoms with Gasteiger partial charge in [-0.25, -0.2) is 9.18 Å². The van der Waals surface area contributed by atoms with Crippen molar-refractivity contribution in [2.75, 3.05) is 0 Å². The van der Waals surface area contributed by atoms with E-state index in [0.29, 0.717) is 10.4 Å². The van der Waals surface area contributed by atoms with Crippen LogP contribution >= 0.6 is 11.3 Å². The lowest BCUT2D eigenvalue weighted by Crippen LogP contribution is -2.43. The quantitative estimate of drug-likeness (QED) is 0.678. The van der Waals surface area contributed by atoms with Gasteiger partial charge in [-0.3, -0.25) is 20.4 Å². The second-order valence-corrected chi connectivity index (χ2v) is 5.76. The predicted molar refractivity (Wildman–Crippen MR) is 86.1 cm³/mol. The molecular weight excluding hydrogens is 351 g/mol. The summed E-state index contributed by atoms with van der Waals surface area (Å²) in [6.45, 7) is -0.450. The fourth-order valence-corrected chi connectivity index (χ4v) is 2.51. The van der Waals surface area contributed by atoms with Crippen LogP contribution in [0, 0.1) is 5.82 Å². The number of thiophene rings is 1. The molecule has 0 fully saturated rings. The number of rotatable bonds is 4. The minimum atomic E-state index is -0.848. The summed E-state index contributed by atoms with van der Waals surface area (Å²) in [4.78, 5) is 35.7. The molecule has 0 saturated carbocycles. The van der Waals surface area contributed by atoms with Crippen LogP contribution in [0.25, 0.3) is 11.5 Å². The van der Waals surface area contributed by atoms with E-state index in [-0.39, 0.29) is 5.89 Å². The molecule has 0 atom stereocenters. The molecule has 0 aliphatic rings. The normalized spacial score (nSPS) is 10.4. The Labute approximate surface area is 143 Å². The minimum Gasteiger partial charge on any atom is -0.388 e. The Morgan fingerprint density at radius 2 is 1.96 bits per heavy atom. The van der Waals surface area contributed by atoms with Gasteiger partial charge >= 0.3 is 5.76 Å². The van der Waals surface area contributed by atoms with Crippen LogP contribution in [0.3, 0.4) is 0 Å². The van der Waals surface area contributed by atoms with Crippen molar-refractivity contribution in [3.8, 4) is 11.5 Å². The van der Waals surface area contributed by atoms with Crippen molar-refractivity contribution < 1.29 is 18.4 Å². The maximum absolute atomic E-state index is 12.9. The van der Waals surface area contributed by atoms with Crippen molar-refractivity contribution in [3.63, 3.8) is 0 Å². The number of amides is 2. The van der Waals surface area contributed by atoms with Gasteiger partial charge in [0.05, 0.1) is 4.88 Å². The Morgan fingerprint density at radius 3 is 2.64 bits per heavy atom. The maximum atomic E-state index is 12.9. The Kier molecular flexibility index (Phi) is 4.70. The summed E-state index contributed by atoms with van der Waals surface area (Å²) in [5.74, 6) is -2.46. The van der Waals surface area contributed by atoms with Gasteiger partial charge in [0.25, 0.3) is 11.8 Å². The van der Waals surface area contributed by atoms with E-state index in [1.165, 1.54) is 35.6 Å². The highest BCUT2D eigenvalue weighted by molar-refractivity contribution is 7.12. The second kappa shape index (κ2) is 7.09. The standard InChI is InChI=1S/C15H11FN4O4S/c16-10-5-3-9(4-6-10)14-19-20(15(23)24-14)8-12(21)17-18-13(22)11-2-1-7-25-11/h1-7H,8H2,(H,17,21)(H,18,22). The third kappa shape index (κ3) is 3.98. The van der Waals surface area contributed by atoms with Crippen molar-refractivity contribution in [2.45, 2.75) is 6.54 Å². The van der Waals surface area contributed by atoms with Gasteiger partial charge in [-0.2, -0.15) is 4.68 Å². The molecule has 0 bridgehead atoms. The zero-order chi connectivity index (χ0) is 17.8. The summed E-state index contributed by atoms with van der Waals surface area (Å²) >= 11 is 1.22. The summed E-state index contributed by atoms with van der Waals surface area (Å²) in [5, 5.41) is 5.60. The van der Waals surface area contributed by atoms with Crippen LogP contribution < -0.4 is 16.6 Å². The number of hydrogen-bond acceptors (Lipinski definition) is 6. The van der Waals surface area contributed by atoms with Crippen molar-refractivity contribution in [1.29, 1.82) is 0 Å². The Bertz CT molecular complexity index is 947. The molecule has 3 rings (SSSR count). The molecule has 2 aromatic heterocycles. The number of carbonyl (C=O) groups excluding carboxylic acids is 2. The van der Waals surface area contributed by atoms with E-state index in [0.717, 1.165) is 4.68 Å². The first-order valence-electron chi connectivity index (χ1n) is 6.99. The Balaban J connectivity index is 1.63. The SMILES string of the molecule is O=C(Cn1nc(-c2ccc(F)cc2)oc1=O)NNC(=O)c1cccs1. The smallest absolute Gasteiger partial charge is 0.388 e. The number of carbonyl (C=O) groups is 2.